The maximum absolute atomic E-state index is 12.7. The number of hydrogen-bond acceptors (Lipinski definition) is 7. The van der Waals surface area contributed by atoms with Crippen molar-refractivity contribution in [3.05, 3.63) is 89.5 Å². The van der Waals surface area contributed by atoms with Crippen LogP contribution in [0.1, 0.15) is 130 Å². The predicted octanol–water partition coefficient (Wildman–Crippen LogP) is 10.7. The second kappa shape index (κ2) is 24.2. The number of nitrogens with zero attached hydrogens (tertiary/aromatic N) is 1. The number of benzene rings is 3. The Hall–Kier alpha value is -3.97. The third-order valence-electron chi connectivity index (χ3n) is 8.08. The molecule has 0 aliphatic heterocycles. The third-order valence-corrected chi connectivity index (χ3v) is 8.08. The lowest BCUT2D eigenvalue weighted by molar-refractivity contribution is 0.0335. The van der Waals surface area contributed by atoms with Crippen LogP contribution in [0.5, 0.6) is 11.5 Å². The van der Waals surface area contributed by atoms with Gasteiger partial charge in [-0.15, -0.1) is 0 Å². The van der Waals surface area contributed by atoms with Crippen LogP contribution in [0.3, 0.4) is 0 Å². The number of aliphatic imine (C=N–C) groups is 1. The van der Waals surface area contributed by atoms with E-state index in [1.807, 2.05) is 31.2 Å². The third kappa shape index (κ3) is 16.2. The average Bonchev–Trinajstić information content (AvgIpc) is 3.12. The average molecular weight is 658 g/mol. The van der Waals surface area contributed by atoms with Gasteiger partial charge in [0.05, 0.1) is 30.0 Å². The number of carbonyl (C=O) groups excluding carboxylic acids is 2. The van der Waals surface area contributed by atoms with E-state index in [9.17, 15) is 9.59 Å². The van der Waals surface area contributed by atoms with Crippen molar-refractivity contribution in [1.29, 1.82) is 0 Å². The van der Waals surface area contributed by atoms with Crippen molar-refractivity contribution in [3.63, 3.8) is 0 Å². The zero-order valence-corrected chi connectivity index (χ0v) is 29.1. The van der Waals surface area contributed by atoms with E-state index in [1.54, 1.807) is 54.7 Å². The topological polar surface area (TPSA) is 83.4 Å². The molecular weight excluding hydrogens is 602 g/mol. The highest BCUT2D eigenvalue weighted by molar-refractivity contribution is 5.91. The van der Waals surface area contributed by atoms with Crippen LogP contribution >= 0.6 is 0 Å². The molecule has 0 radical (unpaired) electrons. The second-order valence-electron chi connectivity index (χ2n) is 12.1. The zero-order valence-electron chi connectivity index (χ0n) is 29.1. The van der Waals surface area contributed by atoms with E-state index in [1.165, 1.54) is 83.5 Å². The lowest BCUT2D eigenvalue weighted by Crippen LogP contribution is -2.10. The molecule has 48 heavy (non-hydrogen) atoms. The van der Waals surface area contributed by atoms with Crippen molar-refractivity contribution >= 4 is 23.8 Å². The van der Waals surface area contributed by atoms with Gasteiger partial charge in [-0.3, -0.25) is 4.99 Å². The summed E-state index contributed by atoms with van der Waals surface area (Å²) in [6.07, 6.45) is 20.4. The Morgan fingerprint density at radius 1 is 0.562 bits per heavy atom. The van der Waals surface area contributed by atoms with Crippen molar-refractivity contribution in [1.82, 2.24) is 0 Å². The van der Waals surface area contributed by atoms with Gasteiger partial charge in [0.25, 0.3) is 0 Å². The second-order valence-corrected chi connectivity index (χ2v) is 12.1. The fourth-order valence-electron chi connectivity index (χ4n) is 5.22. The van der Waals surface area contributed by atoms with Crippen LogP contribution in [0.2, 0.25) is 0 Å². The van der Waals surface area contributed by atoms with Gasteiger partial charge in [-0.1, -0.05) is 90.4 Å². The maximum Gasteiger partial charge on any atom is 0.343 e. The monoisotopic (exact) mass is 657 g/mol. The van der Waals surface area contributed by atoms with Gasteiger partial charge in [0.15, 0.2) is 0 Å². The molecule has 0 heterocycles. The number of esters is 2. The van der Waals surface area contributed by atoms with Crippen LogP contribution in [-0.4, -0.2) is 44.6 Å². The predicted molar refractivity (Wildman–Crippen MR) is 194 cm³/mol. The molecule has 7 nitrogen and oxygen atoms in total. The molecule has 0 aliphatic carbocycles. The minimum atomic E-state index is -0.425. The Morgan fingerprint density at radius 3 is 1.67 bits per heavy atom. The van der Waals surface area contributed by atoms with Crippen LogP contribution in [0.4, 0.5) is 5.69 Å². The molecule has 0 saturated heterocycles. The summed E-state index contributed by atoms with van der Waals surface area (Å²) in [6.45, 7) is 6.04. The van der Waals surface area contributed by atoms with Crippen molar-refractivity contribution in [2.24, 2.45) is 4.99 Å². The fourth-order valence-corrected chi connectivity index (χ4v) is 5.22. The smallest absolute Gasteiger partial charge is 0.343 e. The molecule has 0 aromatic heterocycles. The molecular formula is C41H55NO6. The van der Waals surface area contributed by atoms with Crippen molar-refractivity contribution in [2.45, 2.75) is 104 Å². The Kier molecular flexibility index (Phi) is 19.4. The maximum atomic E-state index is 12.7. The van der Waals surface area contributed by atoms with Crippen LogP contribution in [0, 0.1) is 0 Å². The first-order valence-electron chi connectivity index (χ1n) is 18.0. The van der Waals surface area contributed by atoms with E-state index in [0.29, 0.717) is 42.4 Å². The van der Waals surface area contributed by atoms with Crippen LogP contribution in [-0.2, 0) is 9.47 Å². The van der Waals surface area contributed by atoms with E-state index >= 15 is 0 Å². The Morgan fingerprint density at radius 2 is 1.08 bits per heavy atom. The lowest BCUT2D eigenvalue weighted by atomic mass is 10.0. The van der Waals surface area contributed by atoms with Crippen LogP contribution in [0.15, 0.2) is 77.8 Å². The minimum absolute atomic E-state index is 0.221. The molecule has 0 amide bonds. The summed E-state index contributed by atoms with van der Waals surface area (Å²) < 4.78 is 21.8. The molecule has 3 rings (SSSR count). The molecule has 0 bridgehead atoms. The lowest BCUT2D eigenvalue weighted by Gasteiger charge is -2.08. The van der Waals surface area contributed by atoms with E-state index in [-0.39, 0.29) is 6.61 Å². The van der Waals surface area contributed by atoms with Gasteiger partial charge in [0.2, 0.25) is 0 Å². The number of carbonyl (C=O) groups is 2. The molecule has 0 atom stereocenters. The number of ether oxygens (including phenoxy) is 4. The van der Waals surface area contributed by atoms with Gasteiger partial charge in [0.1, 0.15) is 18.1 Å². The highest BCUT2D eigenvalue weighted by Gasteiger charge is 2.09. The van der Waals surface area contributed by atoms with Crippen LogP contribution in [0.25, 0.3) is 0 Å². The van der Waals surface area contributed by atoms with E-state index in [0.717, 1.165) is 17.7 Å². The summed E-state index contributed by atoms with van der Waals surface area (Å²) in [7, 11) is 0. The number of unbranched alkanes of at least 4 members (excludes halogenated alkanes) is 13. The summed E-state index contributed by atoms with van der Waals surface area (Å²) in [5.74, 6) is 0.390. The number of rotatable bonds is 25. The Labute approximate surface area is 288 Å². The Bertz CT molecular complexity index is 1320. The molecule has 7 heteroatoms. The summed E-state index contributed by atoms with van der Waals surface area (Å²) in [4.78, 5) is 29.2. The number of hydrogen-bond donors (Lipinski definition) is 0. The molecule has 3 aromatic carbocycles. The molecule has 0 unspecified atom stereocenters. The summed E-state index contributed by atoms with van der Waals surface area (Å²) in [6, 6.07) is 21.1. The normalized spacial score (nSPS) is 11.1. The molecule has 0 fully saturated rings. The standard InChI is InChI=1S/C41H55NO6/c1-3-5-6-7-8-9-10-11-12-13-14-15-16-17-30-46-38-28-22-36(23-29-38)41(44)48-39-26-18-34(19-27-39)33-42-37-24-20-35(21-25-37)40(43)47-32-31-45-4-2/h18-29,33H,3-17,30-32H2,1-2H3. The quantitative estimate of drug-likeness (QED) is 0.0390. The summed E-state index contributed by atoms with van der Waals surface area (Å²) >= 11 is 0. The van der Waals surface area contributed by atoms with Crippen LogP contribution < -0.4 is 9.47 Å². The van der Waals surface area contributed by atoms with E-state index < -0.39 is 11.9 Å². The Balaban J connectivity index is 1.27. The van der Waals surface area contributed by atoms with Gasteiger partial charge >= 0.3 is 11.9 Å². The van der Waals surface area contributed by atoms with Gasteiger partial charge in [0, 0.05) is 12.8 Å². The fraction of sp³-hybridized carbons (Fsp3) is 0.488. The minimum Gasteiger partial charge on any atom is -0.494 e. The zero-order chi connectivity index (χ0) is 34.1. The van der Waals surface area contributed by atoms with Gasteiger partial charge in [-0.2, -0.15) is 0 Å². The van der Waals surface area contributed by atoms with Crippen molar-refractivity contribution in [3.8, 4) is 11.5 Å². The molecule has 0 N–H and O–H groups in total. The molecule has 0 spiro atoms. The van der Waals surface area contributed by atoms with E-state index in [4.69, 9.17) is 18.9 Å². The van der Waals surface area contributed by atoms with Gasteiger partial charge < -0.3 is 18.9 Å². The van der Waals surface area contributed by atoms with E-state index in [2.05, 4.69) is 11.9 Å². The largest absolute Gasteiger partial charge is 0.494 e. The molecule has 0 saturated carbocycles. The highest BCUT2D eigenvalue weighted by Crippen LogP contribution is 2.19. The van der Waals surface area contributed by atoms with Gasteiger partial charge in [-0.05, 0) is 91.7 Å². The first kappa shape index (κ1) is 38.5. The van der Waals surface area contributed by atoms with Crippen molar-refractivity contribution < 1.29 is 28.5 Å². The molecule has 0 aliphatic rings. The first-order chi connectivity index (χ1) is 23.6. The SMILES string of the molecule is CCCCCCCCCCCCCCCCOc1ccc(C(=O)Oc2ccc(C=Nc3ccc(C(=O)OCCOCC)cc3)cc2)cc1. The first-order valence-corrected chi connectivity index (χ1v) is 18.0. The van der Waals surface area contributed by atoms with Crippen molar-refractivity contribution in [2.75, 3.05) is 26.4 Å². The highest BCUT2D eigenvalue weighted by atomic mass is 16.6. The van der Waals surface area contributed by atoms with Gasteiger partial charge in [-0.25, -0.2) is 9.59 Å². The summed E-state index contributed by atoms with van der Waals surface area (Å²) in [5, 5.41) is 0. The molecule has 3 aromatic rings. The summed E-state index contributed by atoms with van der Waals surface area (Å²) in [5.41, 5.74) is 2.46. The molecule has 260 valence electrons.